The smallest absolute Gasteiger partial charge is 0.310 e. The van der Waals surface area contributed by atoms with Crippen molar-refractivity contribution in [1.82, 2.24) is 15.1 Å². The molecule has 0 saturated heterocycles. The van der Waals surface area contributed by atoms with Crippen LogP contribution in [0.2, 0.25) is 0 Å². The van der Waals surface area contributed by atoms with Gasteiger partial charge in [0, 0.05) is 24.2 Å². The van der Waals surface area contributed by atoms with Crippen LogP contribution in [-0.4, -0.2) is 15.8 Å². The third-order valence-corrected chi connectivity index (χ3v) is 2.85. The molecule has 0 aliphatic carbocycles. The third-order valence-electron chi connectivity index (χ3n) is 2.85. The Labute approximate surface area is 105 Å². The number of hydrogen-bond acceptors (Lipinski definition) is 2. The second kappa shape index (κ2) is 5.73. The highest BCUT2D eigenvalue weighted by Crippen LogP contribution is 2.34. The maximum Gasteiger partial charge on any atom is 0.433 e. The molecule has 1 rings (SSSR count). The van der Waals surface area contributed by atoms with Crippen molar-refractivity contribution >= 4 is 0 Å². The highest BCUT2D eigenvalue weighted by Gasteiger charge is 2.38. The lowest BCUT2D eigenvalue weighted by Gasteiger charge is -2.17. The topological polar surface area (TPSA) is 29.9 Å². The summed E-state index contributed by atoms with van der Waals surface area (Å²) in [4.78, 5) is 0. The quantitative estimate of drug-likeness (QED) is 0.882. The standard InChI is InChI=1S/C12H20F3N3/c1-5-9(4)18-11(12(13,14)15)10(7-17-18)6-16-8(2)3/h7-9,16H,5-6H2,1-4H3. The number of alkyl halides is 3. The van der Waals surface area contributed by atoms with E-state index in [9.17, 15) is 13.2 Å². The minimum Gasteiger partial charge on any atom is -0.310 e. The summed E-state index contributed by atoms with van der Waals surface area (Å²) in [7, 11) is 0. The van der Waals surface area contributed by atoms with E-state index in [4.69, 9.17) is 0 Å². The molecular weight excluding hydrogens is 243 g/mol. The van der Waals surface area contributed by atoms with Gasteiger partial charge in [-0.15, -0.1) is 0 Å². The SMILES string of the molecule is CCC(C)n1ncc(CNC(C)C)c1C(F)(F)F. The Hall–Kier alpha value is -1.04. The van der Waals surface area contributed by atoms with Crippen LogP contribution in [0.4, 0.5) is 13.2 Å². The van der Waals surface area contributed by atoms with Gasteiger partial charge in [-0.2, -0.15) is 18.3 Å². The van der Waals surface area contributed by atoms with Crippen LogP contribution < -0.4 is 5.32 Å². The lowest BCUT2D eigenvalue weighted by Crippen LogP contribution is -2.25. The van der Waals surface area contributed by atoms with Crippen molar-refractivity contribution in [3.63, 3.8) is 0 Å². The number of hydrogen-bond donors (Lipinski definition) is 1. The fourth-order valence-corrected chi connectivity index (χ4v) is 1.66. The minimum atomic E-state index is -4.37. The van der Waals surface area contributed by atoms with Gasteiger partial charge in [0.15, 0.2) is 0 Å². The first-order valence-electron chi connectivity index (χ1n) is 6.14. The normalized spacial score (nSPS) is 14.2. The van der Waals surface area contributed by atoms with Gasteiger partial charge >= 0.3 is 6.18 Å². The van der Waals surface area contributed by atoms with Gasteiger partial charge in [0.25, 0.3) is 0 Å². The summed E-state index contributed by atoms with van der Waals surface area (Å²) in [5, 5.41) is 6.88. The number of halogens is 3. The number of nitrogens with one attached hydrogen (secondary N) is 1. The summed E-state index contributed by atoms with van der Waals surface area (Å²) in [6, 6.07) is -0.118. The molecule has 1 heterocycles. The van der Waals surface area contributed by atoms with E-state index in [0.29, 0.717) is 6.42 Å². The molecule has 0 radical (unpaired) electrons. The summed E-state index contributed by atoms with van der Waals surface area (Å²) in [5.41, 5.74) is -0.429. The number of rotatable bonds is 5. The summed E-state index contributed by atoms with van der Waals surface area (Å²) in [5.74, 6) is 0. The fraction of sp³-hybridized carbons (Fsp3) is 0.750. The second-order valence-corrected chi connectivity index (χ2v) is 4.75. The fourth-order valence-electron chi connectivity index (χ4n) is 1.66. The van der Waals surface area contributed by atoms with Crippen LogP contribution in [-0.2, 0) is 12.7 Å². The monoisotopic (exact) mass is 263 g/mol. The molecule has 1 aromatic heterocycles. The Balaban J connectivity index is 3.08. The highest BCUT2D eigenvalue weighted by molar-refractivity contribution is 5.21. The lowest BCUT2D eigenvalue weighted by molar-refractivity contribution is -0.145. The highest BCUT2D eigenvalue weighted by atomic mass is 19.4. The van der Waals surface area contributed by atoms with Crippen LogP contribution in [0.3, 0.4) is 0 Å². The van der Waals surface area contributed by atoms with Crippen molar-refractivity contribution in [2.24, 2.45) is 0 Å². The van der Waals surface area contributed by atoms with E-state index in [0.717, 1.165) is 4.68 Å². The minimum absolute atomic E-state index is 0.137. The predicted molar refractivity (Wildman–Crippen MR) is 64.2 cm³/mol. The van der Waals surface area contributed by atoms with E-state index in [1.807, 2.05) is 20.8 Å². The molecule has 1 atom stereocenters. The van der Waals surface area contributed by atoms with Crippen LogP contribution in [0, 0.1) is 0 Å². The number of nitrogens with zero attached hydrogens (tertiary/aromatic N) is 2. The Morgan fingerprint density at radius 3 is 2.39 bits per heavy atom. The average Bonchev–Trinajstić information content (AvgIpc) is 2.68. The molecule has 0 amide bonds. The summed E-state index contributed by atoms with van der Waals surface area (Å²) in [6.07, 6.45) is -2.44. The molecule has 0 spiro atoms. The van der Waals surface area contributed by atoms with Crippen molar-refractivity contribution in [3.05, 3.63) is 17.5 Å². The Kier molecular flexibility index (Phi) is 4.78. The van der Waals surface area contributed by atoms with Crippen LogP contribution in [0.1, 0.15) is 51.4 Å². The van der Waals surface area contributed by atoms with Crippen molar-refractivity contribution < 1.29 is 13.2 Å². The summed E-state index contributed by atoms with van der Waals surface area (Å²) < 4.78 is 40.3. The Bertz CT molecular complexity index is 382. The van der Waals surface area contributed by atoms with Gasteiger partial charge in [0.1, 0.15) is 5.69 Å². The molecule has 18 heavy (non-hydrogen) atoms. The molecule has 0 aliphatic rings. The van der Waals surface area contributed by atoms with E-state index in [2.05, 4.69) is 10.4 Å². The van der Waals surface area contributed by atoms with Gasteiger partial charge in [0.05, 0.1) is 6.20 Å². The first-order valence-corrected chi connectivity index (χ1v) is 6.14. The maximum absolute atomic E-state index is 13.1. The predicted octanol–water partition coefficient (Wildman–Crippen LogP) is 3.37. The molecule has 3 nitrogen and oxygen atoms in total. The zero-order valence-corrected chi connectivity index (χ0v) is 11.2. The molecule has 0 saturated carbocycles. The van der Waals surface area contributed by atoms with E-state index >= 15 is 0 Å². The van der Waals surface area contributed by atoms with Gasteiger partial charge in [-0.3, -0.25) is 4.68 Å². The van der Waals surface area contributed by atoms with Crippen LogP contribution in [0.15, 0.2) is 6.20 Å². The van der Waals surface area contributed by atoms with Gasteiger partial charge in [0.2, 0.25) is 0 Å². The zero-order valence-electron chi connectivity index (χ0n) is 11.2. The van der Waals surface area contributed by atoms with Crippen molar-refractivity contribution in [3.8, 4) is 0 Å². The van der Waals surface area contributed by atoms with Gasteiger partial charge < -0.3 is 5.32 Å². The Morgan fingerprint density at radius 1 is 1.33 bits per heavy atom. The molecule has 6 heteroatoms. The second-order valence-electron chi connectivity index (χ2n) is 4.75. The van der Waals surface area contributed by atoms with Gasteiger partial charge in [-0.1, -0.05) is 20.8 Å². The molecule has 0 bridgehead atoms. The molecule has 0 aromatic carbocycles. The van der Waals surface area contributed by atoms with Crippen LogP contribution in [0.25, 0.3) is 0 Å². The van der Waals surface area contributed by atoms with Crippen LogP contribution >= 0.6 is 0 Å². The van der Waals surface area contributed by atoms with E-state index in [1.165, 1.54) is 6.20 Å². The maximum atomic E-state index is 13.1. The molecule has 0 fully saturated rings. The molecule has 1 N–H and O–H groups in total. The van der Waals surface area contributed by atoms with E-state index < -0.39 is 11.9 Å². The molecule has 0 aliphatic heterocycles. The van der Waals surface area contributed by atoms with Crippen molar-refractivity contribution in [2.75, 3.05) is 0 Å². The first kappa shape index (κ1) is 15.0. The first-order chi connectivity index (χ1) is 8.27. The zero-order chi connectivity index (χ0) is 13.9. The largest absolute Gasteiger partial charge is 0.433 e. The van der Waals surface area contributed by atoms with Crippen molar-refractivity contribution in [1.29, 1.82) is 0 Å². The molecular formula is C12H20F3N3. The van der Waals surface area contributed by atoms with E-state index in [-0.39, 0.29) is 24.2 Å². The molecule has 104 valence electrons. The van der Waals surface area contributed by atoms with Gasteiger partial charge in [-0.25, -0.2) is 0 Å². The third kappa shape index (κ3) is 3.48. The molecule has 1 aromatic rings. The van der Waals surface area contributed by atoms with Crippen LogP contribution in [0.5, 0.6) is 0 Å². The number of aromatic nitrogens is 2. The average molecular weight is 263 g/mol. The van der Waals surface area contributed by atoms with Crippen molar-refractivity contribution in [2.45, 2.75) is 58.9 Å². The summed E-state index contributed by atoms with van der Waals surface area (Å²) in [6.45, 7) is 7.56. The lowest BCUT2D eigenvalue weighted by atomic mass is 10.2. The van der Waals surface area contributed by atoms with E-state index in [1.54, 1.807) is 6.92 Å². The summed E-state index contributed by atoms with van der Waals surface area (Å²) >= 11 is 0. The Morgan fingerprint density at radius 2 is 1.94 bits per heavy atom. The van der Waals surface area contributed by atoms with Gasteiger partial charge in [-0.05, 0) is 13.3 Å². The molecule has 1 unspecified atom stereocenters.